The van der Waals surface area contributed by atoms with Crippen molar-refractivity contribution in [1.29, 1.82) is 0 Å². The van der Waals surface area contributed by atoms with E-state index in [1.807, 2.05) is 20.8 Å². The van der Waals surface area contributed by atoms with E-state index < -0.39 is 59.4 Å². The minimum atomic E-state index is -1.41. The highest BCUT2D eigenvalue weighted by Crippen LogP contribution is 2.38. The zero-order chi connectivity index (χ0) is 31.7. The van der Waals surface area contributed by atoms with Crippen LogP contribution in [-0.2, 0) is 23.8 Å². The van der Waals surface area contributed by atoms with Gasteiger partial charge in [-0.2, -0.15) is 0 Å². The molecule has 1 rings (SSSR count). The smallest absolute Gasteiger partial charge is 0.480 e. The molecule has 0 radical (unpaired) electrons. The Morgan fingerprint density at radius 2 is 1.34 bits per heavy atom. The van der Waals surface area contributed by atoms with Gasteiger partial charge in [-0.1, -0.05) is 40.7 Å². The number of carbonyl (C=O) groups excluding carboxylic acids is 3. The maximum atomic E-state index is 12.7. The van der Waals surface area contributed by atoms with Crippen LogP contribution in [0.3, 0.4) is 0 Å². The van der Waals surface area contributed by atoms with E-state index in [1.54, 1.807) is 48.5 Å². The lowest BCUT2D eigenvalue weighted by Crippen LogP contribution is -2.43. The molecule has 5 atom stereocenters. The molecular weight excluding hydrogens is 534 g/mol. The van der Waals surface area contributed by atoms with Gasteiger partial charge in [0, 0.05) is 11.8 Å². The first-order chi connectivity index (χ1) is 18.9. The molecule has 0 spiro atoms. The maximum absolute atomic E-state index is 12.7. The first-order valence-corrected chi connectivity index (χ1v) is 14.0. The molecule has 0 aliphatic carbocycles. The molecular formula is C30H47NO10. The van der Waals surface area contributed by atoms with Crippen LogP contribution in [-0.4, -0.2) is 52.7 Å². The van der Waals surface area contributed by atoms with Crippen LogP contribution in [0.15, 0.2) is 18.2 Å². The molecule has 0 saturated carbocycles. The third-order valence-electron chi connectivity index (χ3n) is 7.46. The predicted octanol–water partition coefficient (Wildman–Crippen LogP) is 6.20. The van der Waals surface area contributed by atoms with Crippen LogP contribution < -0.4 is 15.2 Å². The van der Waals surface area contributed by atoms with E-state index in [0.717, 1.165) is 0 Å². The normalized spacial score (nSPS) is 15.5. The molecule has 0 saturated heterocycles. The van der Waals surface area contributed by atoms with E-state index >= 15 is 0 Å². The molecule has 0 aliphatic rings. The first-order valence-electron chi connectivity index (χ1n) is 14.0. The average Bonchev–Trinajstić information content (AvgIpc) is 2.88. The number of carbonyl (C=O) groups is 4. The van der Waals surface area contributed by atoms with Crippen LogP contribution in [0.5, 0.6) is 11.5 Å². The summed E-state index contributed by atoms with van der Waals surface area (Å²) in [6.07, 6.45) is -1.16. The highest BCUT2D eigenvalue weighted by molar-refractivity contribution is 5.75. The Morgan fingerprint density at radius 1 is 0.854 bits per heavy atom. The van der Waals surface area contributed by atoms with Crippen LogP contribution in [0.2, 0.25) is 0 Å². The number of aliphatic carboxylic acids is 1. The summed E-state index contributed by atoms with van der Waals surface area (Å²) in [5.74, 6) is -3.83. The molecule has 0 fully saturated rings. The second kappa shape index (κ2) is 15.0. The third-order valence-corrected chi connectivity index (χ3v) is 7.46. The lowest BCUT2D eigenvalue weighted by molar-refractivity contribution is -0.155. The summed E-state index contributed by atoms with van der Waals surface area (Å²) in [7, 11) is 0. The van der Waals surface area contributed by atoms with E-state index in [1.165, 1.54) is 18.2 Å². The number of rotatable bonds is 14. The molecule has 232 valence electrons. The molecule has 0 aromatic heterocycles. The molecule has 4 unspecified atom stereocenters. The summed E-state index contributed by atoms with van der Waals surface area (Å²) >= 11 is 0. The third kappa shape index (κ3) is 10.9. The highest BCUT2D eigenvalue weighted by Gasteiger charge is 2.36. The van der Waals surface area contributed by atoms with E-state index in [-0.39, 0.29) is 17.4 Å². The molecule has 11 nitrogen and oxygen atoms in total. The van der Waals surface area contributed by atoms with Crippen molar-refractivity contribution in [3.8, 4) is 11.5 Å². The fourth-order valence-corrected chi connectivity index (χ4v) is 3.57. The Bertz CT molecular complexity index is 1070. The van der Waals surface area contributed by atoms with Gasteiger partial charge in [-0.25, -0.2) is 9.59 Å². The number of hydrogen-bond acceptors (Lipinski definition) is 10. The van der Waals surface area contributed by atoms with Gasteiger partial charge >= 0.3 is 24.2 Å². The number of benzene rings is 1. The molecule has 0 heterocycles. The summed E-state index contributed by atoms with van der Waals surface area (Å²) in [6, 6.07) is 2.82. The molecule has 3 N–H and O–H groups in total. The van der Waals surface area contributed by atoms with Crippen LogP contribution in [0, 0.1) is 11.8 Å². The maximum Gasteiger partial charge on any atom is 0.514 e. The Kier molecular flexibility index (Phi) is 13.1. The van der Waals surface area contributed by atoms with Crippen molar-refractivity contribution in [3.05, 3.63) is 23.8 Å². The number of nitrogens with two attached hydrogens (primary N) is 1. The lowest BCUT2D eigenvalue weighted by atomic mass is 9.79. The number of ether oxygens (including phenoxy) is 5. The zero-order valence-electron chi connectivity index (χ0n) is 25.9. The Labute approximate surface area is 243 Å². The Balaban J connectivity index is 3.54. The largest absolute Gasteiger partial charge is 0.514 e. The van der Waals surface area contributed by atoms with Gasteiger partial charge in [-0.05, 0) is 71.6 Å². The molecule has 0 bridgehead atoms. The van der Waals surface area contributed by atoms with Gasteiger partial charge in [0.15, 0.2) is 11.5 Å². The molecule has 1 aromatic rings. The van der Waals surface area contributed by atoms with Gasteiger partial charge in [-0.3, -0.25) is 9.59 Å². The molecule has 0 aliphatic heterocycles. The zero-order valence-corrected chi connectivity index (χ0v) is 25.9. The van der Waals surface area contributed by atoms with E-state index in [4.69, 9.17) is 29.4 Å². The first kappa shape index (κ1) is 35.7. The standard InChI is InChI=1S/C30H47NO10/c1-11-17(4)26(34)37-19(6)18(5)23(24(31)25(32)33)20-14-15-21(38-27(35)40-29(7,8)12-2)22(16-20)39-28(36)41-30(9,10)13-3/h14-19,23-24H,11-13,31H2,1-10H3,(H,32,33)/t17?,18?,19?,23?,24-/m0/s1. The van der Waals surface area contributed by atoms with Crippen LogP contribution in [0.4, 0.5) is 9.59 Å². The molecule has 0 amide bonds. The van der Waals surface area contributed by atoms with Crippen LogP contribution in [0.25, 0.3) is 0 Å². The van der Waals surface area contributed by atoms with Gasteiger partial charge in [0.2, 0.25) is 0 Å². The quantitative estimate of drug-likeness (QED) is 0.146. The minimum Gasteiger partial charge on any atom is -0.480 e. The molecule has 1 aromatic carbocycles. The minimum absolute atomic E-state index is 0.150. The fourth-order valence-electron chi connectivity index (χ4n) is 3.57. The molecule has 41 heavy (non-hydrogen) atoms. The SMILES string of the molecule is CCC(C)C(=O)OC(C)C(C)C(c1ccc(OC(=O)OC(C)(C)CC)c(OC(=O)OC(C)(C)CC)c1)[C@H](N)C(=O)O. The lowest BCUT2D eigenvalue weighted by Gasteiger charge is -2.32. The number of esters is 1. The van der Waals surface area contributed by atoms with Crippen LogP contribution >= 0.6 is 0 Å². The number of carboxylic acid groups (broad SMARTS) is 1. The summed E-state index contributed by atoms with van der Waals surface area (Å²) in [5, 5.41) is 9.80. The van der Waals surface area contributed by atoms with E-state index in [9.17, 15) is 24.3 Å². The topological polar surface area (TPSA) is 161 Å². The van der Waals surface area contributed by atoms with Crippen LogP contribution in [0.1, 0.15) is 100.0 Å². The molecule has 11 heteroatoms. The van der Waals surface area contributed by atoms with Crippen molar-refractivity contribution in [2.45, 2.75) is 118 Å². The monoisotopic (exact) mass is 581 g/mol. The van der Waals surface area contributed by atoms with Gasteiger partial charge in [0.1, 0.15) is 23.3 Å². The van der Waals surface area contributed by atoms with Crippen molar-refractivity contribution < 1.29 is 48.0 Å². The van der Waals surface area contributed by atoms with Gasteiger partial charge in [0.25, 0.3) is 0 Å². The van der Waals surface area contributed by atoms with Crippen molar-refractivity contribution in [1.82, 2.24) is 0 Å². The van der Waals surface area contributed by atoms with Gasteiger partial charge < -0.3 is 34.5 Å². The van der Waals surface area contributed by atoms with Crippen molar-refractivity contribution >= 4 is 24.2 Å². The van der Waals surface area contributed by atoms with E-state index in [2.05, 4.69) is 0 Å². The second-order valence-electron chi connectivity index (χ2n) is 11.5. The summed E-state index contributed by atoms with van der Waals surface area (Å²) in [6.45, 7) is 17.5. The average molecular weight is 582 g/mol. The fraction of sp³-hybridized carbons (Fsp3) is 0.667. The van der Waals surface area contributed by atoms with Crippen molar-refractivity contribution in [3.63, 3.8) is 0 Å². The van der Waals surface area contributed by atoms with Gasteiger partial charge in [-0.15, -0.1) is 0 Å². The summed E-state index contributed by atoms with van der Waals surface area (Å²) < 4.78 is 27.2. The van der Waals surface area contributed by atoms with E-state index in [0.29, 0.717) is 24.8 Å². The Morgan fingerprint density at radius 3 is 1.78 bits per heavy atom. The highest BCUT2D eigenvalue weighted by atomic mass is 16.8. The van der Waals surface area contributed by atoms with Crippen molar-refractivity contribution in [2.24, 2.45) is 17.6 Å². The van der Waals surface area contributed by atoms with Gasteiger partial charge in [0.05, 0.1) is 5.92 Å². The summed E-state index contributed by atoms with van der Waals surface area (Å²) in [5.41, 5.74) is 4.84. The predicted molar refractivity (Wildman–Crippen MR) is 152 cm³/mol. The number of carboxylic acids is 1. The van der Waals surface area contributed by atoms with Crippen molar-refractivity contribution in [2.75, 3.05) is 0 Å². The Hall–Kier alpha value is -3.34. The second-order valence-corrected chi connectivity index (χ2v) is 11.5. The number of hydrogen-bond donors (Lipinski definition) is 2. The summed E-state index contributed by atoms with van der Waals surface area (Å²) in [4.78, 5) is 49.7.